The highest BCUT2D eigenvalue weighted by Gasteiger charge is 2.17. The van der Waals surface area contributed by atoms with Crippen LogP contribution in [0.25, 0.3) is 10.6 Å². The molecule has 0 unspecified atom stereocenters. The Morgan fingerprint density at radius 3 is 2.45 bits per heavy atom. The number of halogens is 1. The Morgan fingerprint density at radius 2 is 1.83 bits per heavy atom. The second kappa shape index (κ2) is 9.38. The van der Waals surface area contributed by atoms with E-state index in [9.17, 15) is 9.18 Å². The molecule has 1 amide bonds. The largest absolute Gasteiger partial charge is 0.493 e. The maximum absolute atomic E-state index is 13.4. The summed E-state index contributed by atoms with van der Waals surface area (Å²) in [5, 5.41) is 5.51. The number of nitrogens with one attached hydrogen (secondary N) is 1. The van der Waals surface area contributed by atoms with E-state index in [0.717, 1.165) is 16.3 Å². The molecule has 0 radical (unpaired) electrons. The van der Waals surface area contributed by atoms with Gasteiger partial charge in [-0.1, -0.05) is 12.1 Å². The van der Waals surface area contributed by atoms with Crippen molar-refractivity contribution in [2.45, 2.75) is 6.42 Å². The first-order valence-corrected chi connectivity index (χ1v) is 9.72. The molecule has 0 atom stereocenters. The van der Waals surface area contributed by atoms with Crippen LogP contribution >= 0.6 is 11.3 Å². The summed E-state index contributed by atoms with van der Waals surface area (Å²) >= 11 is 1.44. The van der Waals surface area contributed by atoms with Gasteiger partial charge in [-0.3, -0.25) is 4.79 Å². The molecule has 0 spiro atoms. The van der Waals surface area contributed by atoms with Crippen LogP contribution in [-0.2, 0) is 6.42 Å². The first-order valence-electron chi connectivity index (χ1n) is 8.84. The number of aromatic nitrogens is 1. The van der Waals surface area contributed by atoms with Crippen molar-refractivity contribution in [2.75, 3.05) is 27.9 Å². The Hall–Kier alpha value is -3.13. The monoisotopic (exact) mass is 416 g/mol. The molecule has 0 saturated heterocycles. The molecule has 0 aliphatic heterocycles. The van der Waals surface area contributed by atoms with Crippen LogP contribution in [0.15, 0.2) is 41.8 Å². The minimum Gasteiger partial charge on any atom is -0.493 e. The summed E-state index contributed by atoms with van der Waals surface area (Å²) in [6.07, 6.45) is 0.558. The first-order chi connectivity index (χ1) is 14.0. The topological polar surface area (TPSA) is 69.7 Å². The molecule has 1 N–H and O–H groups in total. The van der Waals surface area contributed by atoms with Crippen molar-refractivity contribution in [1.29, 1.82) is 0 Å². The summed E-state index contributed by atoms with van der Waals surface area (Å²) in [4.78, 5) is 17.0. The minimum atomic E-state index is -0.295. The van der Waals surface area contributed by atoms with E-state index >= 15 is 0 Å². The van der Waals surface area contributed by atoms with Crippen LogP contribution in [-0.4, -0.2) is 38.8 Å². The number of rotatable bonds is 8. The average molecular weight is 416 g/mol. The molecule has 0 aliphatic carbocycles. The van der Waals surface area contributed by atoms with Gasteiger partial charge >= 0.3 is 0 Å². The zero-order valence-corrected chi connectivity index (χ0v) is 17.1. The van der Waals surface area contributed by atoms with Crippen LogP contribution in [0.2, 0.25) is 0 Å². The van der Waals surface area contributed by atoms with Crippen molar-refractivity contribution in [2.24, 2.45) is 0 Å². The quantitative estimate of drug-likeness (QED) is 0.602. The van der Waals surface area contributed by atoms with Crippen LogP contribution in [0.5, 0.6) is 17.2 Å². The van der Waals surface area contributed by atoms with Gasteiger partial charge in [0.2, 0.25) is 5.75 Å². The zero-order chi connectivity index (χ0) is 20.8. The lowest BCUT2D eigenvalue weighted by Crippen LogP contribution is -2.25. The molecule has 152 valence electrons. The minimum absolute atomic E-state index is 0.259. The second-order valence-electron chi connectivity index (χ2n) is 6.07. The van der Waals surface area contributed by atoms with Gasteiger partial charge in [-0.15, -0.1) is 11.3 Å². The lowest BCUT2D eigenvalue weighted by Gasteiger charge is -2.14. The Balaban J connectivity index is 1.63. The van der Waals surface area contributed by atoms with Gasteiger partial charge in [0.25, 0.3) is 5.91 Å². The van der Waals surface area contributed by atoms with Gasteiger partial charge in [0, 0.05) is 29.5 Å². The molecular formula is C21H21FN2O4S. The number of methoxy groups -OCH3 is 3. The van der Waals surface area contributed by atoms with E-state index in [1.54, 1.807) is 18.2 Å². The fraction of sp³-hybridized carbons (Fsp3) is 0.238. The molecule has 8 heteroatoms. The number of ether oxygens (including phenoxy) is 3. The number of hydrogen-bond donors (Lipinski definition) is 1. The predicted octanol–water partition coefficient (Wildman–Crippen LogP) is 3.95. The van der Waals surface area contributed by atoms with Gasteiger partial charge in [0.15, 0.2) is 11.5 Å². The molecule has 3 aromatic rings. The summed E-state index contributed by atoms with van der Waals surface area (Å²) in [7, 11) is 4.50. The highest BCUT2D eigenvalue weighted by Crippen LogP contribution is 2.38. The van der Waals surface area contributed by atoms with E-state index in [0.29, 0.717) is 35.8 Å². The van der Waals surface area contributed by atoms with Crippen molar-refractivity contribution in [3.8, 4) is 27.8 Å². The molecule has 1 aromatic heterocycles. The van der Waals surface area contributed by atoms with Crippen molar-refractivity contribution in [3.63, 3.8) is 0 Å². The number of carbonyl (C=O) groups is 1. The van der Waals surface area contributed by atoms with E-state index in [4.69, 9.17) is 14.2 Å². The van der Waals surface area contributed by atoms with Crippen LogP contribution in [0.1, 0.15) is 16.1 Å². The Kier molecular flexibility index (Phi) is 6.66. The Labute approximate surface area is 172 Å². The van der Waals surface area contributed by atoms with Crippen molar-refractivity contribution in [3.05, 3.63) is 58.9 Å². The summed E-state index contributed by atoms with van der Waals surface area (Å²) in [5.74, 6) is 0.702. The van der Waals surface area contributed by atoms with Gasteiger partial charge in [0.1, 0.15) is 10.8 Å². The van der Waals surface area contributed by atoms with Crippen LogP contribution < -0.4 is 19.5 Å². The fourth-order valence-corrected chi connectivity index (χ4v) is 3.65. The molecular weight excluding hydrogens is 395 g/mol. The number of benzene rings is 2. The van der Waals surface area contributed by atoms with E-state index in [2.05, 4.69) is 10.3 Å². The smallest absolute Gasteiger partial charge is 0.251 e. The summed E-state index contributed by atoms with van der Waals surface area (Å²) in [6, 6.07) is 9.52. The van der Waals surface area contributed by atoms with Crippen molar-refractivity contribution >= 4 is 17.2 Å². The molecule has 0 saturated carbocycles. The van der Waals surface area contributed by atoms with Crippen molar-refractivity contribution < 1.29 is 23.4 Å². The standard InChI is InChI=1S/C21H21FN2O4S/c1-26-17-10-14(11-18(27-2)19(17)28-3)20(25)23-8-7-16-12-29-21(24-16)13-5-4-6-15(22)9-13/h4-6,9-12H,7-8H2,1-3H3,(H,23,25). The molecule has 0 fully saturated rings. The predicted molar refractivity (Wildman–Crippen MR) is 110 cm³/mol. The van der Waals surface area contributed by atoms with Gasteiger partial charge < -0.3 is 19.5 Å². The number of thiazole rings is 1. The summed E-state index contributed by atoms with van der Waals surface area (Å²) < 4.78 is 29.2. The van der Waals surface area contributed by atoms with Gasteiger partial charge in [-0.2, -0.15) is 0 Å². The second-order valence-corrected chi connectivity index (χ2v) is 6.93. The molecule has 29 heavy (non-hydrogen) atoms. The summed E-state index contributed by atoms with van der Waals surface area (Å²) in [5.41, 5.74) is 1.97. The van der Waals surface area contributed by atoms with E-state index in [-0.39, 0.29) is 11.7 Å². The van der Waals surface area contributed by atoms with E-state index < -0.39 is 0 Å². The third-order valence-corrected chi connectivity index (χ3v) is 5.16. The molecule has 1 heterocycles. The Morgan fingerprint density at radius 1 is 1.10 bits per heavy atom. The maximum atomic E-state index is 13.4. The van der Waals surface area contributed by atoms with Crippen LogP contribution in [0.3, 0.4) is 0 Å². The fourth-order valence-electron chi connectivity index (χ4n) is 2.79. The van der Waals surface area contributed by atoms with Gasteiger partial charge in [-0.25, -0.2) is 9.37 Å². The Bertz CT molecular complexity index is 981. The lowest BCUT2D eigenvalue weighted by molar-refractivity contribution is 0.0953. The maximum Gasteiger partial charge on any atom is 0.251 e. The zero-order valence-electron chi connectivity index (χ0n) is 16.3. The number of nitrogens with zero attached hydrogens (tertiary/aromatic N) is 1. The van der Waals surface area contributed by atoms with E-state index in [1.165, 1.54) is 44.8 Å². The molecule has 0 bridgehead atoms. The highest BCUT2D eigenvalue weighted by molar-refractivity contribution is 7.13. The number of carbonyl (C=O) groups excluding carboxylic acids is 1. The van der Waals surface area contributed by atoms with Crippen molar-refractivity contribution in [1.82, 2.24) is 10.3 Å². The normalized spacial score (nSPS) is 10.5. The molecule has 3 rings (SSSR count). The highest BCUT2D eigenvalue weighted by atomic mass is 32.1. The third kappa shape index (κ3) is 4.83. The average Bonchev–Trinajstić information content (AvgIpc) is 3.21. The molecule has 2 aromatic carbocycles. The van der Waals surface area contributed by atoms with E-state index in [1.807, 2.05) is 11.4 Å². The SMILES string of the molecule is COc1cc(C(=O)NCCc2csc(-c3cccc(F)c3)n2)cc(OC)c1OC. The van der Waals surface area contributed by atoms with Gasteiger partial charge in [-0.05, 0) is 24.3 Å². The number of hydrogen-bond acceptors (Lipinski definition) is 6. The van der Waals surface area contributed by atoms with Gasteiger partial charge in [0.05, 0.1) is 27.0 Å². The first kappa shape index (κ1) is 20.6. The number of amides is 1. The molecule has 0 aliphatic rings. The van der Waals surface area contributed by atoms with Crippen LogP contribution in [0.4, 0.5) is 4.39 Å². The van der Waals surface area contributed by atoms with Crippen LogP contribution in [0, 0.1) is 5.82 Å². The third-order valence-electron chi connectivity index (χ3n) is 4.22. The lowest BCUT2D eigenvalue weighted by atomic mass is 10.1. The summed E-state index contributed by atoms with van der Waals surface area (Å²) in [6.45, 7) is 0.405. The molecule has 6 nitrogen and oxygen atoms in total.